The van der Waals surface area contributed by atoms with Crippen LogP contribution in [0.15, 0.2) is 36.4 Å². The van der Waals surface area contributed by atoms with Crippen LogP contribution in [0.25, 0.3) is 11.3 Å². The first kappa shape index (κ1) is 18.2. The smallest absolute Gasteiger partial charge is 0.225 e. The molecule has 142 valence electrons. The van der Waals surface area contributed by atoms with Gasteiger partial charge in [-0.05, 0) is 31.0 Å². The van der Waals surface area contributed by atoms with Crippen molar-refractivity contribution in [3.05, 3.63) is 41.4 Å². The Balaban J connectivity index is 1.37. The Hall–Kier alpha value is -2.14. The summed E-state index contributed by atoms with van der Waals surface area (Å²) in [6, 6.07) is 11.6. The van der Waals surface area contributed by atoms with Crippen molar-refractivity contribution in [1.82, 2.24) is 15.1 Å². The Morgan fingerprint density at radius 2 is 1.67 bits per heavy atom. The molecule has 4 rings (SSSR count). The van der Waals surface area contributed by atoms with Gasteiger partial charge in [0, 0.05) is 37.7 Å². The summed E-state index contributed by atoms with van der Waals surface area (Å²) < 4.78 is 0. The number of carbonyl (C=O) groups is 1. The van der Waals surface area contributed by atoms with Crippen molar-refractivity contribution in [2.24, 2.45) is 5.92 Å². The maximum absolute atomic E-state index is 12.7. The molecule has 1 aliphatic carbocycles. The van der Waals surface area contributed by atoms with E-state index >= 15 is 0 Å². The van der Waals surface area contributed by atoms with Crippen molar-refractivity contribution < 1.29 is 4.79 Å². The quantitative estimate of drug-likeness (QED) is 0.801. The zero-order valence-electron chi connectivity index (χ0n) is 15.5. The molecule has 0 atom stereocenters. The SMILES string of the molecule is O=C(C1CCCCC1)N1CCN(c2ccc(-c3ccccc3Cl)nn2)CC1. The third-order valence-corrected chi connectivity index (χ3v) is 6.00. The minimum Gasteiger partial charge on any atom is -0.352 e. The predicted molar refractivity (Wildman–Crippen MR) is 108 cm³/mol. The molecule has 1 amide bonds. The van der Waals surface area contributed by atoms with Crippen LogP contribution in [0.3, 0.4) is 0 Å². The molecule has 1 saturated carbocycles. The summed E-state index contributed by atoms with van der Waals surface area (Å²) in [6.45, 7) is 3.14. The highest BCUT2D eigenvalue weighted by molar-refractivity contribution is 6.33. The molecule has 2 aliphatic rings. The number of carbonyl (C=O) groups excluding carboxylic acids is 1. The van der Waals surface area contributed by atoms with E-state index in [1.807, 2.05) is 41.3 Å². The van der Waals surface area contributed by atoms with Crippen LogP contribution in [0.5, 0.6) is 0 Å². The van der Waals surface area contributed by atoms with Crippen molar-refractivity contribution in [2.45, 2.75) is 32.1 Å². The lowest BCUT2D eigenvalue weighted by Crippen LogP contribution is -2.50. The van der Waals surface area contributed by atoms with Gasteiger partial charge in [-0.25, -0.2) is 0 Å². The van der Waals surface area contributed by atoms with Crippen LogP contribution in [-0.4, -0.2) is 47.2 Å². The Morgan fingerprint density at radius 1 is 0.926 bits per heavy atom. The van der Waals surface area contributed by atoms with Crippen molar-refractivity contribution in [3.63, 3.8) is 0 Å². The average Bonchev–Trinajstić information content (AvgIpc) is 2.74. The number of amides is 1. The fourth-order valence-electron chi connectivity index (χ4n) is 4.07. The number of hydrogen-bond donors (Lipinski definition) is 0. The summed E-state index contributed by atoms with van der Waals surface area (Å²) in [6.07, 6.45) is 5.80. The van der Waals surface area contributed by atoms with Crippen LogP contribution in [0.1, 0.15) is 32.1 Å². The molecule has 6 heteroatoms. The maximum atomic E-state index is 12.7. The molecule has 27 heavy (non-hydrogen) atoms. The lowest BCUT2D eigenvalue weighted by atomic mass is 9.88. The number of halogens is 1. The molecule has 5 nitrogen and oxygen atoms in total. The van der Waals surface area contributed by atoms with Crippen LogP contribution in [0, 0.1) is 5.92 Å². The molecule has 1 aromatic heterocycles. The zero-order chi connectivity index (χ0) is 18.6. The summed E-state index contributed by atoms with van der Waals surface area (Å²) in [5.41, 5.74) is 1.66. The Kier molecular flexibility index (Phi) is 5.58. The van der Waals surface area contributed by atoms with Gasteiger partial charge >= 0.3 is 0 Å². The van der Waals surface area contributed by atoms with Gasteiger partial charge in [0.15, 0.2) is 5.82 Å². The van der Waals surface area contributed by atoms with Crippen LogP contribution >= 0.6 is 11.6 Å². The molecule has 0 N–H and O–H groups in total. The van der Waals surface area contributed by atoms with Gasteiger partial charge in [0.25, 0.3) is 0 Å². The number of hydrogen-bond acceptors (Lipinski definition) is 4. The standard InChI is InChI=1S/C21H25ClN4O/c22-18-9-5-4-8-17(18)19-10-11-20(24-23-19)25-12-14-26(15-13-25)21(27)16-6-2-1-3-7-16/h4-5,8-11,16H,1-3,6-7,12-15H2. The lowest BCUT2D eigenvalue weighted by molar-refractivity contribution is -0.136. The zero-order valence-corrected chi connectivity index (χ0v) is 16.2. The van der Waals surface area contributed by atoms with Crippen LogP contribution < -0.4 is 4.90 Å². The van der Waals surface area contributed by atoms with Gasteiger partial charge in [0.05, 0.1) is 10.7 Å². The second-order valence-corrected chi connectivity index (χ2v) is 7.81. The topological polar surface area (TPSA) is 49.3 Å². The Morgan fingerprint density at radius 3 is 2.33 bits per heavy atom. The minimum absolute atomic E-state index is 0.250. The van der Waals surface area contributed by atoms with Crippen LogP contribution in [-0.2, 0) is 4.79 Å². The third-order valence-electron chi connectivity index (χ3n) is 5.67. The van der Waals surface area contributed by atoms with Gasteiger partial charge in [0.1, 0.15) is 0 Å². The molecule has 0 spiro atoms. The first-order chi connectivity index (χ1) is 13.2. The molecule has 0 bridgehead atoms. The van der Waals surface area contributed by atoms with Gasteiger partial charge in [-0.2, -0.15) is 0 Å². The molecule has 2 heterocycles. The largest absolute Gasteiger partial charge is 0.352 e. The predicted octanol–water partition coefficient (Wildman–Crippen LogP) is 4.03. The normalized spacial score (nSPS) is 18.6. The number of nitrogens with zero attached hydrogens (tertiary/aromatic N) is 4. The van der Waals surface area contributed by atoms with E-state index in [0.717, 1.165) is 56.1 Å². The number of piperazine rings is 1. The Labute approximate surface area is 165 Å². The maximum Gasteiger partial charge on any atom is 0.225 e. The lowest BCUT2D eigenvalue weighted by Gasteiger charge is -2.37. The molecule has 0 radical (unpaired) electrons. The van der Waals surface area contributed by atoms with E-state index in [9.17, 15) is 4.79 Å². The van der Waals surface area contributed by atoms with Gasteiger partial charge < -0.3 is 9.80 Å². The summed E-state index contributed by atoms with van der Waals surface area (Å²) >= 11 is 6.24. The van der Waals surface area contributed by atoms with E-state index in [2.05, 4.69) is 15.1 Å². The molecular weight excluding hydrogens is 360 g/mol. The molecular formula is C21H25ClN4O. The second-order valence-electron chi connectivity index (χ2n) is 7.40. The molecule has 0 unspecified atom stereocenters. The van der Waals surface area contributed by atoms with E-state index in [4.69, 9.17) is 11.6 Å². The summed E-state index contributed by atoms with van der Waals surface area (Å²) in [7, 11) is 0. The van der Waals surface area contributed by atoms with Crippen molar-refractivity contribution in [3.8, 4) is 11.3 Å². The van der Waals surface area contributed by atoms with E-state index in [1.54, 1.807) is 0 Å². The molecule has 2 aromatic rings. The molecule has 1 aromatic carbocycles. The number of benzene rings is 1. The first-order valence-electron chi connectivity index (χ1n) is 9.85. The van der Waals surface area contributed by atoms with E-state index in [1.165, 1.54) is 19.3 Å². The van der Waals surface area contributed by atoms with Crippen molar-refractivity contribution >= 4 is 23.3 Å². The van der Waals surface area contributed by atoms with Gasteiger partial charge in [-0.1, -0.05) is 49.1 Å². The molecule has 1 saturated heterocycles. The average molecular weight is 385 g/mol. The molecule has 1 aliphatic heterocycles. The highest BCUT2D eigenvalue weighted by Gasteiger charge is 2.28. The van der Waals surface area contributed by atoms with Gasteiger partial charge in [0.2, 0.25) is 5.91 Å². The first-order valence-corrected chi connectivity index (χ1v) is 10.2. The fourth-order valence-corrected chi connectivity index (χ4v) is 4.30. The van der Waals surface area contributed by atoms with E-state index in [0.29, 0.717) is 10.9 Å². The van der Waals surface area contributed by atoms with Gasteiger partial charge in [-0.15, -0.1) is 10.2 Å². The summed E-state index contributed by atoms with van der Waals surface area (Å²) in [4.78, 5) is 16.9. The highest BCUT2D eigenvalue weighted by Crippen LogP contribution is 2.28. The highest BCUT2D eigenvalue weighted by atomic mass is 35.5. The minimum atomic E-state index is 0.250. The van der Waals surface area contributed by atoms with Crippen molar-refractivity contribution in [2.75, 3.05) is 31.1 Å². The number of anilines is 1. The molecule has 2 fully saturated rings. The van der Waals surface area contributed by atoms with Crippen molar-refractivity contribution in [1.29, 1.82) is 0 Å². The number of rotatable bonds is 3. The summed E-state index contributed by atoms with van der Waals surface area (Å²) in [5.74, 6) is 1.46. The monoisotopic (exact) mass is 384 g/mol. The fraction of sp³-hybridized carbons (Fsp3) is 0.476. The van der Waals surface area contributed by atoms with E-state index in [-0.39, 0.29) is 5.92 Å². The Bertz CT molecular complexity index is 781. The van der Waals surface area contributed by atoms with E-state index < -0.39 is 0 Å². The third kappa shape index (κ3) is 4.08. The summed E-state index contributed by atoms with van der Waals surface area (Å²) in [5, 5.41) is 9.42. The second kappa shape index (κ2) is 8.26. The van der Waals surface area contributed by atoms with Crippen LogP contribution in [0.4, 0.5) is 5.82 Å². The van der Waals surface area contributed by atoms with Gasteiger partial charge in [-0.3, -0.25) is 4.79 Å². The number of aromatic nitrogens is 2. The van der Waals surface area contributed by atoms with Crippen LogP contribution in [0.2, 0.25) is 5.02 Å².